The summed E-state index contributed by atoms with van der Waals surface area (Å²) in [5.41, 5.74) is 0. The van der Waals surface area contributed by atoms with Crippen molar-refractivity contribution in [1.29, 1.82) is 0 Å². The van der Waals surface area contributed by atoms with E-state index in [-0.39, 0.29) is 18.3 Å². The van der Waals surface area contributed by atoms with Gasteiger partial charge in [0.25, 0.3) is 0 Å². The van der Waals surface area contributed by atoms with Gasteiger partial charge in [0.15, 0.2) is 5.79 Å². The van der Waals surface area contributed by atoms with Crippen LogP contribution in [0, 0.1) is 0 Å². The van der Waals surface area contributed by atoms with E-state index in [0.717, 1.165) is 6.61 Å². The fourth-order valence-electron chi connectivity index (χ4n) is 2.08. The monoisotopic (exact) mass is 186 g/mol. The van der Waals surface area contributed by atoms with Crippen LogP contribution in [0.1, 0.15) is 13.8 Å². The maximum absolute atomic E-state index is 5.70. The van der Waals surface area contributed by atoms with Gasteiger partial charge in [0.05, 0.1) is 13.2 Å². The van der Waals surface area contributed by atoms with E-state index in [1.807, 2.05) is 13.8 Å². The molecule has 74 valence electrons. The maximum atomic E-state index is 5.70. The molecule has 3 fully saturated rings. The predicted molar refractivity (Wildman–Crippen MR) is 43.3 cm³/mol. The first-order chi connectivity index (χ1) is 6.16. The summed E-state index contributed by atoms with van der Waals surface area (Å²) < 4.78 is 22.1. The van der Waals surface area contributed by atoms with Crippen molar-refractivity contribution < 1.29 is 18.9 Å². The average molecular weight is 186 g/mol. The highest BCUT2D eigenvalue weighted by molar-refractivity contribution is 5.01. The van der Waals surface area contributed by atoms with Crippen molar-refractivity contribution in [2.75, 3.05) is 13.2 Å². The number of hydrogen-bond acceptors (Lipinski definition) is 4. The van der Waals surface area contributed by atoms with Crippen LogP contribution in [0.3, 0.4) is 0 Å². The highest BCUT2D eigenvalue weighted by atomic mass is 16.8. The Labute approximate surface area is 77.1 Å². The number of rotatable bonds is 1. The third-order valence-electron chi connectivity index (χ3n) is 2.80. The number of hydrogen-bond donors (Lipinski definition) is 0. The lowest BCUT2D eigenvalue weighted by Crippen LogP contribution is -2.34. The van der Waals surface area contributed by atoms with Crippen molar-refractivity contribution in [2.45, 2.75) is 44.1 Å². The lowest BCUT2D eigenvalue weighted by Gasteiger charge is -2.20. The second kappa shape index (κ2) is 2.45. The summed E-state index contributed by atoms with van der Waals surface area (Å²) in [6.07, 6.45) is 0.735. The van der Waals surface area contributed by atoms with Crippen LogP contribution in [-0.4, -0.2) is 43.4 Å². The number of fused-ring (bicyclic) bond motifs is 1. The molecule has 4 nitrogen and oxygen atoms in total. The molecule has 0 unspecified atom stereocenters. The molecule has 13 heavy (non-hydrogen) atoms. The van der Waals surface area contributed by atoms with Gasteiger partial charge in [0.2, 0.25) is 0 Å². The SMILES string of the molecule is CC1(C)OC[C@H]([C@H]2OC[C@@H]3O[C@H]23)O1. The van der Waals surface area contributed by atoms with Crippen LogP contribution in [0.25, 0.3) is 0 Å². The van der Waals surface area contributed by atoms with E-state index in [1.54, 1.807) is 0 Å². The highest BCUT2D eigenvalue weighted by Crippen LogP contribution is 2.39. The van der Waals surface area contributed by atoms with Crippen LogP contribution in [0.15, 0.2) is 0 Å². The number of epoxide rings is 1. The molecular weight excluding hydrogens is 172 g/mol. The summed E-state index contributed by atoms with van der Waals surface area (Å²) in [5, 5.41) is 0. The molecule has 0 aliphatic carbocycles. The molecule has 3 aliphatic heterocycles. The van der Waals surface area contributed by atoms with E-state index < -0.39 is 5.79 Å². The molecule has 0 aromatic heterocycles. The smallest absolute Gasteiger partial charge is 0.163 e. The summed E-state index contributed by atoms with van der Waals surface area (Å²) in [5.74, 6) is -0.457. The standard InChI is InChI=1S/C9H14O4/c1-9(2)11-4-6(13-9)7-8-5(12-8)3-10-7/h5-8H,3-4H2,1-2H3/t5-,6+,7+,8-/m0/s1. The van der Waals surface area contributed by atoms with Crippen LogP contribution in [0.2, 0.25) is 0 Å². The molecule has 4 atom stereocenters. The van der Waals surface area contributed by atoms with Crippen LogP contribution < -0.4 is 0 Å². The van der Waals surface area contributed by atoms with E-state index in [1.165, 1.54) is 0 Å². The summed E-state index contributed by atoms with van der Waals surface area (Å²) in [6.45, 7) is 5.18. The van der Waals surface area contributed by atoms with Crippen molar-refractivity contribution in [3.8, 4) is 0 Å². The van der Waals surface area contributed by atoms with E-state index >= 15 is 0 Å². The molecule has 0 saturated carbocycles. The maximum Gasteiger partial charge on any atom is 0.163 e. The Morgan fingerprint density at radius 3 is 2.38 bits per heavy atom. The van der Waals surface area contributed by atoms with Gasteiger partial charge < -0.3 is 18.9 Å². The second-order valence-corrected chi connectivity index (χ2v) is 4.30. The van der Waals surface area contributed by atoms with Crippen LogP contribution in [0.5, 0.6) is 0 Å². The fraction of sp³-hybridized carbons (Fsp3) is 1.00. The summed E-state index contributed by atoms with van der Waals surface area (Å²) in [7, 11) is 0. The first-order valence-corrected chi connectivity index (χ1v) is 4.74. The van der Waals surface area contributed by atoms with E-state index in [0.29, 0.717) is 12.7 Å². The zero-order valence-corrected chi connectivity index (χ0v) is 7.86. The van der Waals surface area contributed by atoms with Crippen molar-refractivity contribution in [2.24, 2.45) is 0 Å². The summed E-state index contributed by atoms with van der Waals surface area (Å²) >= 11 is 0. The minimum Gasteiger partial charge on any atom is -0.370 e. The Kier molecular flexibility index (Phi) is 1.54. The Morgan fingerprint density at radius 2 is 1.92 bits per heavy atom. The topological polar surface area (TPSA) is 40.2 Å². The van der Waals surface area contributed by atoms with Crippen LogP contribution in [0.4, 0.5) is 0 Å². The summed E-state index contributed by atoms with van der Waals surface area (Å²) in [6, 6.07) is 0. The van der Waals surface area contributed by atoms with Crippen molar-refractivity contribution in [3.63, 3.8) is 0 Å². The Bertz CT molecular complexity index is 228. The van der Waals surface area contributed by atoms with Crippen molar-refractivity contribution in [1.82, 2.24) is 0 Å². The van der Waals surface area contributed by atoms with Gasteiger partial charge in [-0.15, -0.1) is 0 Å². The molecule has 0 radical (unpaired) electrons. The van der Waals surface area contributed by atoms with Crippen molar-refractivity contribution in [3.05, 3.63) is 0 Å². The van der Waals surface area contributed by atoms with Gasteiger partial charge in [-0.05, 0) is 13.8 Å². The Hall–Kier alpha value is -0.160. The molecule has 4 heteroatoms. The normalized spacial score (nSPS) is 52.2. The molecule has 0 spiro atoms. The zero-order chi connectivity index (χ0) is 9.05. The quantitative estimate of drug-likeness (QED) is 0.552. The molecule has 0 bridgehead atoms. The first-order valence-electron chi connectivity index (χ1n) is 4.74. The molecule has 3 rings (SSSR count). The van der Waals surface area contributed by atoms with Crippen LogP contribution >= 0.6 is 0 Å². The third-order valence-corrected chi connectivity index (χ3v) is 2.80. The van der Waals surface area contributed by atoms with Gasteiger partial charge in [-0.25, -0.2) is 0 Å². The molecular formula is C9H14O4. The fourth-order valence-corrected chi connectivity index (χ4v) is 2.08. The van der Waals surface area contributed by atoms with Crippen LogP contribution in [-0.2, 0) is 18.9 Å². The van der Waals surface area contributed by atoms with E-state index in [2.05, 4.69) is 0 Å². The molecule has 3 heterocycles. The number of ether oxygens (including phenoxy) is 4. The largest absolute Gasteiger partial charge is 0.370 e. The molecule has 0 aromatic rings. The Morgan fingerprint density at radius 1 is 1.08 bits per heavy atom. The zero-order valence-electron chi connectivity index (χ0n) is 7.86. The van der Waals surface area contributed by atoms with Gasteiger partial charge >= 0.3 is 0 Å². The van der Waals surface area contributed by atoms with E-state index in [9.17, 15) is 0 Å². The molecule has 3 aliphatic rings. The first kappa shape index (κ1) is 8.17. The summed E-state index contributed by atoms with van der Waals surface area (Å²) in [4.78, 5) is 0. The minimum absolute atomic E-state index is 0.0486. The van der Waals surface area contributed by atoms with E-state index in [4.69, 9.17) is 18.9 Å². The van der Waals surface area contributed by atoms with Gasteiger partial charge in [-0.1, -0.05) is 0 Å². The third kappa shape index (κ3) is 1.29. The molecule has 0 N–H and O–H groups in total. The van der Waals surface area contributed by atoms with Gasteiger partial charge in [-0.2, -0.15) is 0 Å². The minimum atomic E-state index is -0.457. The average Bonchev–Trinajstić information content (AvgIpc) is 2.56. The van der Waals surface area contributed by atoms with Gasteiger partial charge in [-0.3, -0.25) is 0 Å². The Balaban J connectivity index is 1.67. The second-order valence-electron chi connectivity index (χ2n) is 4.30. The van der Waals surface area contributed by atoms with Gasteiger partial charge in [0.1, 0.15) is 24.4 Å². The predicted octanol–water partition coefficient (Wildman–Crippen LogP) is 0.304. The lowest BCUT2D eigenvalue weighted by molar-refractivity contribution is -0.157. The van der Waals surface area contributed by atoms with Crippen molar-refractivity contribution >= 4 is 0 Å². The highest BCUT2D eigenvalue weighted by Gasteiger charge is 2.56. The molecule has 0 aromatic carbocycles. The lowest BCUT2D eigenvalue weighted by atomic mass is 10.1. The van der Waals surface area contributed by atoms with Gasteiger partial charge in [0, 0.05) is 0 Å². The molecule has 3 saturated heterocycles. The molecule has 0 amide bonds.